The molecule has 1 N–H and O–H groups in total. The second-order valence-electron chi connectivity index (χ2n) is 3.72. The first-order valence-electron chi connectivity index (χ1n) is 5.21. The van der Waals surface area contributed by atoms with E-state index in [4.69, 9.17) is 5.41 Å². The molecule has 1 aromatic rings. The lowest BCUT2D eigenvalue weighted by atomic mass is 10.1. The Morgan fingerprint density at radius 3 is 3.07 bits per heavy atom. The minimum absolute atomic E-state index is 0.841. The van der Waals surface area contributed by atoms with Gasteiger partial charge < -0.3 is 4.90 Å². The maximum Gasteiger partial charge on any atom is 0.0957 e. The Balaban J connectivity index is 1.82. The van der Waals surface area contributed by atoms with E-state index >= 15 is 0 Å². The van der Waals surface area contributed by atoms with Gasteiger partial charge in [0.2, 0.25) is 0 Å². The fraction of sp³-hybridized carbons (Fsp3) is 0.545. The van der Waals surface area contributed by atoms with Crippen molar-refractivity contribution in [2.45, 2.75) is 25.7 Å². The molecule has 3 heteroatoms. The van der Waals surface area contributed by atoms with Crippen molar-refractivity contribution in [3.63, 3.8) is 0 Å². The summed E-state index contributed by atoms with van der Waals surface area (Å²) in [5.74, 6) is 0.841. The molecule has 0 atom stereocenters. The molecular weight excluding hydrogens is 192 g/mol. The minimum Gasteiger partial charge on any atom is -0.360 e. The summed E-state index contributed by atoms with van der Waals surface area (Å²) in [6.07, 6.45) is 4.53. The SMILES string of the molecule is N=C1CCCCN1CCc1cccs1. The summed E-state index contributed by atoms with van der Waals surface area (Å²) in [4.78, 5) is 3.66. The van der Waals surface area contributed by atoms with Gasteiger partial charge in [-0.05, 0) is 30.7 Å². The van der Waals surface area contributed by atoms with Gasteiger partial charge in [0.1, 0.15) is 0 Å². The molecule has 0 aliphatic carbocycles. The molecule has 1 saturated heterocycles. The van der Waals surface area contributed by atoms with Gasteiger partial charge in [-0.1, -0.05) is 6.07 Å². The topological polar surface area (TPSA) is 27.1 Å². The normalized spacial score (nSPS) is 17.4. The third-order valence-corrected chi connectivity index (χ3v) is 3.62. The number of nitrogens with one attached hydrogen (secondary N) is 1. The fourth-order valence-electron chi connectivity index (χ4n) is 1.83. The van der Waals surface area contributed by atoms with E-state index in [2.05, 4.69) is 22.4 Å². The Hall–Kier alpha value is -0.830. The molecule has 2 rings (SSSR count). The van der Waals surface area contributed by atoms with Crippen LogP contribution in [0.2, 0.25) is 0 Å². The molecule has 1 aliphatic rings. The van der Waals surface area contributed by atoms with Crippen molar-refractivity contribution < 1.29 is 0 Å². The first kappa shape index (κ1) is 9.71. The highest BCUT2D eigenvalue weighted by molar-refractivity contribution is 7.09. The van der Waals surface area contributed by atoms with Crippen molar-refractivity contribution in [2.75, 3.05) is 13.1 Å². The number of amidine groups is 1. The highest BCUT2D eigenvalue weighted by Gasteiger charge is 2.13. The van der Waals surface area contributed by atoms with E-state index < -0.39 is 0 Å². The third kappa shape index (κ3) is 2.35. The Labute approximate surface area is 89.1 Å². The first-order valence-corrected chi connectivity index (χ1v) is 6.09. The van der Waals surface area contributed by atoms with Crippen LogP contribution in [0.15, 0.2) is 17.5 Å². The van der Waals surface area contributed by atoms with Gasteiger partial charge in [-0.3, -0.25) is 5.41 Å². The Kier molecular flexibility index (Phi) is 3.19. The molecule has 14 heavy (non-hydrogen) atoms. The maximum atomic E-state index is 7.80. The fourth-order valence-corrected chi connectivity index (χ4v) is 2.53. The van der Waals surface area contributed by atoms with Crippen LogP contribution in [-0.4, -0.2) is 23.8 Å². The van der Waals surface area contributed by atoms with E-state index in [0.717, 1.165) is 31.8 Å². The number of rotatable bonds is 3. The Morgan fingerprint density at radius 2 is 2.36 bits per heavy atom. The van der Waals surface area contributed by atoms with Crippen LogP contribution in [0.5, 0.6) is 0 Å². The van der Waals surface area contributed by atoms with Crippen molar-refractivity contribution in [1.29, 1.82) is 5.41 Å². The van der Waals surface area contributed by atoms with Gasteiger partial charge in [0.05, 0.1) is 5.84 Å². The molecule has 0 aromatic carbocycles. The van der Waals surface area contributed by atoms with E-state index in [-0.39, 0.29) is 0 Å². The van der Waals surface area contributed by atoms with Crippen LogP contribution in [0.4, 0.5) is 0 Å². The highest BCUT2D eigenvalue weighted by Crippen LogP contribution is 2.14. The Bertz CT molecular complexity index is 292. The molecule has 1 aliphatic heterocycles. The van der Waals surface area contributed by atoms with Crippen LogP contribution < -0.4 is 0 Å². The average Bonchev–Trinajstić information content (AvgIpc) is 2.69. The summed E-state index contributed by atoms with van der Waals surface area (Å²) in [5, 5.41) is 9.93. The van der Waals surface area contributed by atoms with Gasteiger partial charge in [-0.15, -0.1) is 11.3 Å². The van der Waals surface area contributed by atoms with Crippen LogP contribution in [0, 0.1) is 5.41 Å². The lowest BCUT2D eigenvalue weighted by Gasteiger charge is -2.29. The number of hydrogen-bond donors (Lipinski definition) is 1. The second-order valence-corrected chi connectivity index (χ2v) is 4.75. The van der Waals surface area contributed by atoms with E-state index in [1.54, 1.807) is 0 Å². The van der Waals surface area contributed by atoms with Gasteiger partial charge in [-0.25, -0.2) is 0 Å². The van der Waals surface area contributed by atoms with Crippen LogP contribution in [-0.2, 0) is 6.42 Å². The Morgan fingerprint density at radius 1 is 1.43 bits per heavy atom. The van der Waals surface area contributed by atoms with Crippen molar-refractivity contribution in [3.05, 3.63) is 22.4 Å². The summed E-state index contributed by atoms with van der Waals surface area (Å²) < 4.78 is 0. The first-order chi connectivity index (χ1) is 6.86. The molecule has 2 nitrogen and oxygen atoms in total. The van der Waals surface area contributed by atoms with Gasteiger partial charge >= 0.3 is 0 Å². The van der Waals surface area contributed by atoms with Crippen molar-refractivity contribution >= 4 is 17.2 Å². The smallest absolute Gasteiger partial charge is 0.0957 e. The average molecular weight is 208 g/mol. The van der Waals surface area contributed by atoms with Crippen LogP contribution in [0.1, 0.15) is 24.1 Å². The molecule has 76 valence electrons. The summed E-state index contributed by atoms with van der Waals surface area (Å²) in [6.45, 7) is 2.11. The van der Waals surface area contributed by atoms with E-state index in [0.29, 0.717) is 0 Å². The minimum atomic E-state index is 0.841. The number of nitrogens with zero attached hydrogens (tertiary/aromatic N) is 1. The number of hydrogen-bond acceptors (Lipinski definition) is 2. The standard InChI is InChI=1S/C11H16N2S/c12-11-5-1-2-7-13(11)8-6-10-4-3-9-14-10/h3-4,9,12H,1-2,5-8H2. The molecular formula is C11H16N2S. The zero-order valence-corrected chi connectivity index (χ0v) is 9.15. The zero-order valence-electron chi connectivity index (χ0n) is 8.33. The van der Waals surface area contributed by atoms with E-state index in [1.807, 2.05) is 11.3 Å². The molecule has 1 fully saturated rings. The van der Waals surface area contributed by atoms with Gasteiger partial charge in [0, 0.05) is 24.4 Å². The van der Waals surface area contributed by atoms with Crippen LogP contribution in [0.3, 0.4) is 0 Å². The molecule has 0 radical (unpaired) electrons. The molecule has 0 spiro atoms. The lowest BCUT2D eigenvalue weighted by Crippen LogP contribution is -2.36. The predicted octanol–water partition coefficient (Wildman–Crippen LogP) is 2.75. The predicted molar refractivity (Wildman–Crippen MR) is 61.2 cm³/mol. The summed E-state index contributed by atoms with van der Waals surface area (Å²) in [6, 6.07) is 4.28. The van der Waals surface area contributed by atoms with Gasteiger partial charge in [0.15, 0.2) is 0 Å². The lowest BCUT2D eigenvalue weighted by molar-refractivity contribution is 0.371. The summed E-state index contributed by atoms with van der Waals surface area (Å²) >= 11 is 1.82. The number of likely N-dealkylation sites (tertiary alicyclic amines) is 1. The molecule has 0 bridgehead atoms. The number of piperidine rings is 1. The van der Waals surface area contributed by atoms with Gasteiger partial charge in [-0.2, -0.15) is 0 Å². The van der Waals surface area contributed by atoms with Crippen molar-refractivity contribution in [2.24, 2.45) is 0 Å². The van der Waals surface area contributed by atoms with Crippen molar-refractivity contribution in [1.82, 2.24) is 4.90 Å². The quantitative estimate of drug-likeness (QED) is 0.812. The van der Waals surface area contributed by atoms with Crippen molar-refractivity contribution in [3.8, 4) is 0 Å². The molecule has 2 heterocycles. The van der Waals surface area contributed by atoms with Gasteiger partial charge in [0.25, 0.3) is 0 Å². The van der Waals surface area contributed by atoms with Crippen LogP contribution in [0.25, 0.3) is 0 Å². The zero-order chi connectivity index (χ0) is 9.80. The number of thiophene rings is 1. The maximum absolute atomic E-state index is 7.80. The molecule has 1 aromatic heterocycles. The second kappa shape index (κ2) is 4.60. The molecule has 0 unspecified atom stereocenters. The summed E-state index contributed by atoms with van der Waals surface area (Å²) in [7, 11) is 0. The van der Waals surface area contributed by atoms with Crippen LogP contribution >= 0.6 is 11.3 Å². The third-order valence-electron chi connectivity index (χ3n) is 2.68. The largest absolute Gasteiger partial charge is 0.360 e. The highest BCUT2D eigenvalue weighted by atomic mass is 32.1. The molecule has 0 amide bonds. The molecule has 0 saturated carbocycles. The van der Waals surface area contributed by atoms with E-state index in [9.17, 15) is 0 Å². The van der Waals surface area contributed by atoms with E-state index in [1.165, 1.54) is 17.7 Å². The monoisotopic (exact) mass is 208 g/mol. The summed E-state index contributed by atoms with van der Waals surface area (Å²) in [5.41, 5.74) is 0.